The Morgan fingerprint density at radius 2 is 2.00 bits per heavy atom. The molecule has 0 fully saturated rings. The van der Waals surface area contributed by atoms with Gasteiger partial charge in [0.15, 0.2) is 6.61 Å². The van der Waals surface area contributed by atoms with Crippen molar-refractivity contribution in [3.63, 3.8) is 0 Å². The number of alkyl halides is 3. The number of halogens is 4. The zero-order chi connectivity index (χ0) is 15.3. The summed E-state index contributed by atoms with van der Waals surface area (Å²) in [7, 11) is 1.24. The first-order valence-corrected chi connectivity index (χ1v) is 5.85. The van der Waals surface area contributed by atoms with Crippen LogP contribution >= 0.6 is 12.4 Å². The van der Waals surface area contributed by atoms with Crippen LogP contribution in [0.2, 0.25) is 0 Å². The van der Waals surface area contributed by atoms with E-state index in [-0.39, 0.29) is 24.6 Å². The lowest BCUT2D eigenvalue weighted by atomic mass is 10.0. The maximum atomic E-state index is 12.0. The van der Waals surface area contributed by atoms with Gasteiger partial charge in [0.05, 0.1) is 7.11 Å². The Balaban J connectivity index is 0.00000400. The predicted octanol–water partition coefficient (Wildman–Crippen LogP) is 2.40. The molecule has 0 aliphatic rings. The van der Waals surface area contributed by atoms with Gasteiger partial charge in [0.25, 0.3) is 0 Å². The van der Waals surface area contributed by atoms with Crippen molar-refractivity contribution in [3.05, 3.63) is 29.3 Å². The highest BCUT2D eigenvalue weighted by atomic mass is 35.5. The number of hydrogen-bond acceptors (Lipinski definition) is 4. The summed E-state index contributed by atoms with van der Waals surface area (Å²) in [6.45, 7) is 0.368. The third-order valence-corrected chi connectivity index (χ3v) is 2.66. The van der Waals surface area contributed by atoms with Crippen LogP contribution in [-0.2, 0) is 16.0 Å². The van der Waals surface area contributed by atoms with Crippen LogP contribution < -0.4 is 10.5 Å². The molecular weight excluding hydrogens is 311 g/mol. The highest BCUT2D eigenvalue weighted by Crippen LogP contribution is 2.21. The number of carbonyl (C=O) groups is 1. The van der Waals surface area contributed by atoms with E-state index >= 15 is 0 Å². The Morgan fingerprint density at radius 3 is 2.48 bits per heavy atom. The van der Waals surface area contributed by atoms with E-state index in [0.717, 1.165) is 5.56 Å². The lowest BCUT2D eigenvalue weighted by Crippen LogP contribution is -2.33. The first kappa shape index (κ1) is 19.5. The zero-order valence-corrected chi connectivity index (χ0v) is 12.4. The molecule has 0 saturated heterocycles. The SMILES string of the molecule is COC(=O)C(N)Cc1ccc(OCC(F)(F)F)cc1C.Cl. The van der Waals surface area contributed by atoms with Crippen molar-refractivity contribution in [3.8, 4) is 5.75 Å². The molecule has 0 aliphatic carbocycles. The number of esters is 1. The summed E-state index contributed by atoms with van der Waals surface area (Å²) < 4.78 is 45.2. The molecule has 0 heterocycles. The summed E-state index contributed by atoms with van der Waals surface area (Å²) in [6.07, 6.45) is -4.13. The van der Waals surface area contributed by atoms with Gasteiger partial charge in [0.1, 0.15) is 11.8 Å². The van der Waals surface area contributed by atoms with E-state index < -0.39 is 24.8 Å². The highest BCUT2D eigenvalue weighted by molar-refractivity contribution is 5.85. The molecule has 120 valence electrons. The van der Waals surface area contributed by atoms with Gasteiger partial charge in [-0.25, -0.2) is 0 Å². The summed E-state index contributed by atoms with van der Waals surface area (Å²) in [6, 6.07) is 3.67. The smallest absolute Gasteiger partial charge is 0.422 e. The lowest BCUT2D eigenvalue weighted by Gasteiger charge is -2.14. The quantitative estimate of drug-likeness (QED) is 0.844. The molecule has 21 heavy (non-hydrogen) atoms. The maximum absolute atomic E-state index is 12.0. The zero-order valence-electron chi connectivity index (χ0n) is 11.6. The summed E-state index contributed by atoms with van der Waals surface area (Å²) in [5.74, 6) is -0.419. The number of carbonyl (C=O) groups excluding carboxylic acids is 1. The van der Waals surface area contributed by atoms with Crippen LogP contribution in [0.1, 0.15) is 11.1 Å². The lowest BCUT2D eigenvalue weighted by molar-refractivity contribution is -0.153. The normalized spacial score (nSPS) is 12.3. The van der Waals surface area contributed by atoms with Crippen molar-refractivity contribution >= 4 is 18.4 Å². The van der Waals surface area contributed by atoms with Crippen molar-refractivity contribution in [2.75, 3.05) is 13.7 Å². The van der Waals surface area contributed by atoms with Crippen molar-refractivity contribution < 1.29 is 27.4 Å². The number of aryl methyl sites for hydroxylation is 1. The standard InChI is InChI=1S/C13H16F3NO3.ClH/c1-8-5-10(20-7-13(14,15)16)4-3-9(8)6-11(17)12(18)19-2;/h3-5,11H,6-7,17H2,1-2H3;1H. The molecule has 1 atom stereocenters. The maximum Gasteiger partial charge on any atom is 0.422 e. The summed E-state index contributed by atoms with van der Waals surface area (Å²) in [5, 5.41) is 0. The summed E-state index contributed by atoms with van der Waals surface area (Å²) in [4.78, 5) is 11.2. The van der Waals surface area contributed by atoms with Crippen LogP contribution in [0.4, 0.5) is 13.2 Å². The fourth-order valence-corrected chi connectivity index (χ4v) is 1.62. The second-order valence-corrected chi connectivity index (χ2v) is 4.33. The number of hydrogen-bond donors (Lipinski definition) is 1. The van der Waals surface area contributed by atoms with E-state index in [1.54, 1.807) is 13.0 Å². The molecule has 1 unspecified atom stereocenters. The van der Waals surface area contributed by atoms with E-state index in [9.17, 15) is 18.0 Å². The van der Waals surface area contributed by atoms with Crippen molar-refractivity contribution in [1.29, 1.82) is 0 Å². The number of ether oxygens (including phenoxy) is 2. The summed E-state index contributed by atoms with van der Waals surface area (Å²) >= 11 is 0. The van der Waals surface area contributed by atoms with Gasteiger partial charge < -0.3 is 15.2 Å². The van der Waals surface area contributed by atoms with Gasteiger partial charge >= 0.3 is 12.1 Å². The third kappa shape index (κ3) is 6.68. The number of rotatable bonds is 5. The Hall–Kier alpha value is -1.47. The molecule has 0 radical (unpaired) electrons. The molecule has 8 heteroatoms. The van der Waals surface area contributed by atoms with E-state index in [1.165, 1.54) is 19.2 Å². The molecule has 2 N–H and O–H groups in total. The van der Waals surface area contributed by atoms with Gasteiger partial charge in [-0.1, -0.05) is 6.07 Å². The van der Waals surface area contributed by atoms with Crippen molar-refractivity contribution in [2.45, 2.75) is 25.6 Å². The van der Waals surface area contributed by atoms with Crippen LogP contribution in [0.3, 0.4) is 0 Å². The average Bonchev–Trinajstić information content (AvgIpc) is 2.37. The Bertz CT molecular complexity index is 480. The predicted molar refractivity (Wildman–Crippen MR) is 73.7 cm³/mol. The van der Waals surface area contributed by atoms with E-state index in [0.29, 0.717) is 5.56 Å². The number of nitrogens with two attached hydrogens (primary N) is 1. The molecule has 0 aliphatic heterocycles. The number of methoxy groups -OCH3 is 1. The fourth-order valence-electron chi connectivity index (χ4n) is 1.62. The van der Waals surface area contributed by atoms with Gasteiger partial charge in [0, 0.05) is 0 Å². The molecular formula is C13H17ClF3NO3. The average molecular weight is 328 g/mol. The van der Waals surface area contributed by atoms with Gasteiger partial charge in [-0.05, 0) is 36.6 Å². The molecule has 1 aromatic rings. The molecule has 0 bridgehead atoms. The Labute approximate surface area is 126 Å². The first-order valence-electron chi connectivity index (χ1n) is 5.85. The van der Waals surface area contributed by atoms with E-state index in [1.807, 2.05) is 0 Å². The van der Waals surface area contributed by atoms with Crippen LogP contribution in [0.5, 0.6) is 5.75 Å². The van der Waals surface area contributed by atoms with Crippen molar-refractivity contribution in [1.82, 2.24) is 0 Å². The topological polar surface area (TPSA) is 61.5 Å². The van der Waals surface area contributed by atoms with Crippen molar-refractivity contribution in [2.24, 2.45) is 5.73 Å². The second kappa shape index (κ2) is 8.09. The van der Waals surface area contributed by atoms with Crippen LogP contribution in [0, 0.1) is 6.92 Å². The molecule has 4 nitrogen and oxygen atoms in total. The van der Waals surface area contributed by atoms with Crippen LogP contribution in [0.25, 0.3) is 0 Å². The second-order valence-electron chi connectivity index (χ2n) is 4.33. The van der Waals surface area contributed by atoms with Gasteiger partial charge in [-0.3, -0.25) is 4.79 Å². The van der Waals surface area contributed by atoms with Crippen LogP contribution in [0.15, 0.2) is 18.2 Å². The van der Waals surface area contributed by atoms with E-state index in [4.69, 9.17) is 5.73 Å². The fraction of sp³-hybridized carbons (Fsp3) is 0.462. The Morgan fingerprint density at radius 1 is 1.38 bits per heavy atom. The summed E-state index contributed by atoms with van der Waals surface area (Å²) in [5.41, 5.74) is 7.08. The minimum Gasteiger partial charge on any atom is -0.484 e. The Kier molecular flexibility index (Phi) is 7.52. The minimum atomic E-state index is -4.38. The molecule has 0 aromatic heterocycles. The molecule has 0 saturated carbocycles. The minimum absolute atomic E-state index is 0. The van der Waals surface area contributed by atoms with E-state index in [2.05, 4.69) is 9.47 Å². The molecule has 1 aromatic carbocycles. The molecule has 1 rings (SSSR count). The van der Waals surface area contributed by atoms with Gasteiger partial charge in [0.2, 0.25) is 0 Å². The van der Waals surface area contributed by atoms with Gasteiger partial charge in [-0.15, -0.1) is 12.4 Å². The number of benzene rings is 1. The molecule has 0 amide bonds. The highest BCUT2D eigenvalue weighted by Gasteiger charge is 2.28. The monoisotopic (exact) mass is 327 g/mol. The van der Waals surface area contributed by atoms with Crippen LogP contribution in [-0.4, -0.2) is 31.9 Å². The first-order chi connectivity index (χ1) is 9.23. The molecule has 0 spiro atoms. The van der Waals surface area contributed by atoms with Gasteiger partial charge in [-0.2, -0.15) is 13.2 Å². The largest absolute Gasteiger partial charge is 0.484 e. The third-order valence-electron chi connectivity index (χ3n) is 2.66.